The van der Waals surface area contributed by atoms with Crippen molar-refractivity contribution < 1.29 is 13.9 Å². The van der Waals surface area contributed by atoms with Gasteiger partial charge in [0.1, 0.15) is 5.75 Å². The van der Waals surface area contributed by atoms with Crippen molar-refractivity contribution in [1.82, 2.24) is 4.98 Å². The highest BCUT2D eigenvalue weighted by Crippen LogP contribution is 2.21. The largest absolute Gasteiger partial charge is 0.507 e. The summed E-state index contributed by atoms with van der Waals surface area (Å²) in [6.45, 7) is 0. The molecule has 1 N–H and O–H groups in total. The van der Waals surface area contributed by atoms with Crippen molar-refractivity contribution >= 4 is 11.1 Å². The summed E-state index contributed by atoms with van der Waals surface area (Å²) in [5, 5.41) is 9.28. The molecule has 94 valence electrons. The first-order valence-corrected chi connectivity index (χ1v) is 5.38. The third-order valence-corrected chi connectivity index (χ3v) is 2.54. The SMILES string of the molecule is O=c1cc(O)c2c(=O)oc(-c3ccccc3)nc2o1. The topological polar surface area (TPSA) is 93.5 Å². The van der Waals surface area contributed by atoms with Gasteiger partial charge in [-0.2, -0.15) is 4.98 Å². The summed E-state index contributed by atoms with van der Waals surface area (Å²) in [6, 6.07) is 9.48. The molecule has 0 fully saturated rings. The van der Waals surface area contributed by atoms with Crippen molar-refractivity contribution in [3.05, 3.63) is 57.2 Å². The van der Waals surface area contributed by atoms with Crippen LogP contribution in [0.3, 0.4) is 0 Å². The predicted octanol–water partition coefficient (Wildman–Crippen LogP) is 1.51. The number of fused-ring (bicyclic) bond motifs is 1. The van der Waals surface area contributed by atoms with Gasteiger partial charge in [-0.15, -0.1) is 0 Å². The van der Waals surface area contributed by atoms with E-state index >= 15 is 0 Å². The van der Waals surface area contributed by atoms with Crippen LogP contribution in [0, 0.1) is 0 Å². The highest BCUT2D eigenvalue weighted by Gasteiger charge is 2.14. The zero-order valence-corrected chi connectivity index (χ0v) is 9.49. The average Bonchev–Trinajstić information content (AvgIpc) is 2.38. The summed E-state index contributed by atoms with van der Waals surface area (Å²) in [4.78, 5) is 26.9. The van der Waals surface area contributed by atoms with E-state index in [1.807, 2.05) is 0 Å². The third kappa shape index (κ3) is 1.89. The van der Waals surface area contributed by atoms with Gasteiger partial charge < -0.3 is 13.9 Å². The lowest BCUT2D eigenvalue weighted by molar-refractivity contribution is 0.451. The van der Waals surface area contributed by atoms with Gasteiger partial charge in [0.15, 0.2) is 5.39 Å². The van der Waals surface area contributed by atoms with Gasteiger partial charge in [0.25, 0.3) is 0 Å². The molecule has 0 aliphatic rings. The molecular formula is C13H7NO5. The van der Waals surface area contributed by atoms with E-state index in [1.165, 1.54) is 0 Å². The molecule has 3 aromatic rings. The highest BCUT2D eigenvalue weighted by atomic mass is 16.4. The summed E-state index contributed by atoms with van der Waals surface area (Å²) in [5.41, 5.74) is -1.29. The Balaban J connectivity index is 2.37. The molecule has 0 atom stereocenters. The minimum absolute atomic E-state index is 0.0202. The second-order valence-electron chi connectivity index (χ2n) is 3.80. The Morgan fingerprint density at radius 2 is 1.79 bits per heavy atom. The lowest BCUT2D eigenvalue weighted by Gasteiger charge is -2.01. The van der Waals surface area contributed by atoms with Crippen LogP contribution in [-0.2, 0) is 0 Å². The first-order chi connectivity index (χ1) is 9.15. The smallest absolute Gasteiger partial charge is 0.354 e. The molecule has 0 spiro atoms. The van der Waals surface area contributed by atoms with Gasteiger partial charge in [-0.3, -0.25) is 0 Å². The van der Waals surface area contributed by atoms with Crippen LogP contribution in [0.1, 0.15) is 0 Å². The molecule has 0 aliphatic heterocycles. The lowest BCUT2D eigenvalue weighted by atomic mass is 10.2. The van der Waals surface area contributed by atoms with Crippen molar-refractivity contribution in [2.75, 3.05) is 0 Å². The summed E-state index contributed by atoms with van der Waals surface area (Å²) < 4.78 is 9.81. The Hall–Kier alpha value is -2.89. The zero-order chi connectivity index (χ0) is 13.4. The van der Waals surface area contributed by atoms with Crippen LogP contribution in [0.4, 0.5) is 0 Å². The van der Waals surface area contributed by atoms with E-state index in [1.54, 1.807) is 30.3 Å². The fourth-order valence-corrected chi connectivity index (χ4v) is 1.70. The van der Waals surface area contributed by atoms with E-state index in [2.05, 4.69) is 4.98 Å². The van der Waals surface area contributed by atoms with Gasteiger partial charge in [0.05, 0.1) is 6.07 Å². The number of nitrogens with zero attached hydrogens (tertiary/aromatic N) is 1. The Kier molecular flexibility index (Phi) is 2.42. The molecule has 19 heavy (non-hydrogen) atoms. The average molecular weight is 257 g/mol. The Morgan fingerprint density at radius 1 is 1.05 bits per heavy atom. The van der Waals surface area contributed by atoms with E-state index in [9.17, 15) is 14.7 Å². The van der Waals surface area contributed by atoms with Crippen molar-refractivity contribution in [1.29, 1.82) is 0 Å². The number of benzene rings is 1. The second-order valence-corrected chi connectivity index (χ2v) is 3.80. The molecule has 1 aromatic carbocycles. The minimum atomic E-state index is -0.815. The first-order valence-electron chi connectivity index (χ1n) is 5.38. The van der Waals surface area contributed by atoms with E-state index in [4.69, 9.17) is 8.83 Å². The van der Waals surface area contributed by atoms with Crippen LogP contribution in [0.5, 0.6) is 5.75 Å². The maximum absolute atomic E-state index is 11.8. The minimum Gasteiger partial charge on any atom is -0.507 e. The highest BCUT2D eigenvalue weighted by molar-refractivity contribution is 5.79. The van der Waals surface area contributed by atoms with Crippen molar-refractivity contribution in [2.24, 2.45) is 0 Å². The monoisotopic (exact) mass is 257 g/mol. The number of hydrogen-bond donors (Lipinski definition) is 1. The quantitative estimate of drug-likeness (QED) is 0.710. The van der Waals surface area contributed by atoms with Gasteiger partial charge in [0, 0.05) is 5.56 Å². The summed E-state index contributed by atoms with van der Waals surface area (Å²) in [6.07, 6.45) is 0. The van der Waals surface area contributed by atoms with E-state index in [0.717, 1.165) is 6.07 Å². The molecule has 6 nitrogen and oxygen atoms in total. The van der Waals surface area contributed by atoms with Crippen LogP contribution in [0.15, 0.2) is 54.8 Å². The number of rotatable bonds is 1. The summed E-state index contributed by atoms with van der Waals surface area (Å²) in [7, 11) is 0. The van der Waals surface area contributed by atoms with Crippen molar-refractivity contribution in [3.8, 4) is 17.2 Å². The number of hydrogen-bond acceptors (Lipinski definition) is 6. The maximum atomic E-state index is 11.8. The maximum Gasteiger partial charge on any atom is 0.354 e. The number of aromatic nitrogens is 1. The van der Waals surface area contributed by atoms with Gasteiger partial charge in [0.2, 0.25) is 11.6 Å². The molecule has 0 unspecified atom stereocenters. The molecule has 2 aromatic heterocycles. The van der Waals surface area contributed by atoms with Gasteiger partial charge in [-0.05, 0) is 12.1 Å². The standard InChI is InChI=1S/C13H7NO5/c15-8-6-9(16)18-12-10(8)13(17)19-11(14-12)7-4-2-1-3-5-7/h1-6,15H. The Labute approximate surface area is 105 Å². The van der Waals surface area contributed by atoms with Gasteiger partial charge >= 0.3 is 11.3 Å². The lowest BCUT2D eigenvalue weighted by Crippen LogP contribution is -2.07. The molecular weight excluding hydrogens is 250 g/mol. The molecule has 0 saturated carbocycles. The fraction of sp³-hybridized carbons (Fsp3) is 0. The molecule has 0 saturated heterocycles. The normalized spacial score (nSPS) is 10.7. The van der Waals surface area contributed by atoms with Crippen molar-refractivity contribution in [2.45, 2.75) is 0 Å². The summed E-state index contributed by atoms with van der Waals surface area (Å²) >= 11 is 0. The second kappa shape index (κ2) is 4.09. The fourth-order valence-electron chi connectivity index (χ4n) is 1.70. The van der Waals surface area contributed by atoms with Crippen LogP contribution < -0.4 is 11.3 Å². The zero-order valence-electron chi connectivity index (χ0n) is 9.49. The molecule has 0 aliphatic carbocycles. The molecule has 0 bridgehead atoms. The van der Waals surface area contributed by atoms with E-state index in [-0.39, 0.29) is 17.0 Å². The first kappa shape index (κ1) is 11.2. The molecule has 3 rings (SSSR count). The van der Waals surface area contributed by atoms with E-state index < -0.39 is 17.0 Å². The molecule has 6 heteroatoms. The molecule has 0 amide bonds. The Morgan fingerprint density at radius 3 is 2.53 bits per heavy atom. The van der Waals surface area contributed by atoms with Gasteiger partial charge in [-0.25, -0.2) is 9.59 Å². The van der Waals surface area contributed by atoms with Crippen molar-refractivity contribution in [3.63, 3.8) is 0 Å². The number of aromatic hydroxyl groups is 1. The Bertz CT molecular complexity index is 864. The van der Waals surface area contributed by atoms with Crippen LogP contribution >= 0.6 is 0 Å². The molecule has 0 radical (unpaired) electrons. The third-order valence-electron chi connectivity index (χ3n) is 2.54. The predicted molar refractivity (Wildman–Crippen MR) is 65.9 cm³/mol. The summed E-state index contributed by atoms with van der Waals surface area (Å²) in [5.74, 6) is -0.487. The van der Waals surface area contributed by atoms with Crippen LogP contribution in [0.2, 0.25) is 0 Å². The van der Waals surface area contributed by atoms with E-state index in [0.29, 0.717) is 5.56 Å². The van der Waals surface area contributed by atoms with Crippen LogP contribution in [-0.4, -0.2) is 10.1 Å². The van der Waals surface area contributed by atoms with Gasteiger partial charge in [-0.1, -0.05) is 18.2 Å². The molecule has 2 heterocycles. The van der Waals surface area contributed by atoms with Crippen LogP contribution in [0.25, 0.3) is 22.6 Å².